The number of hydrogen-bond donors (Lipinski definition) is 1. The third-order valence-corrected chi connectivity index (χ3v) is 6.24. The van der Waals surface area contributed by atoms with Crippen LogP contribution in [0.4, 0.5) is 13.2 Å². The molecule has 4 nitrogen and oxygen atoms in total. The molecule has 160 valence electrons. The Labute approximate surface area is 175 Å². The number of alkyl halides is 3. The van der Waals surface area contributed by atoms with Crippen LogP contribution in [0.1, 0.15) is 40.8 Å². The maximum Gasteiger partial charge on any atom is 0.414 e. The van der Waals surface area contributed by atoms with Gasteiger partial charge in [-0.15, -0.1) is 0 Å². The fraction of sp³-hybridized carbons (Fsp3) is 0.478. The number of pyridine rings is 1. The lowest BCUT2D eigenvalue weighted by molar-refractivity contribution is -0.238. The van der Waals surface area contributed by atoms with Crippen molar-refractivity contribution in [2.75, 3.05) is 13.1 Å². The summed E-state index contributed by atoms with van der Waals surface area (Å²) in [6.07, 6.45) is -4.39. The highest BCUT2D eigenvalue weighted by Gasteiger charge is 2.55. The quantitative estimate of drug-likeness (QED) is 0.761. The molecule has 3 rings (SSSR count). The van der Waals surface area contributed by atoms with Crippen LogP contribution in [0.5, 0.6) is 0 Å². The van der Waals surface area contributed by atoms with Crippen molar-refractivity contribution >= 4 is 0 Å². The van der Waals surface area contributed by atoms with Gasteiger partial charge in [-0.05, 0) is 74.5 Å². The second kappa shape index (κ2) is 8.75. The van der Waals surface area contributed by atoms with Gasteiger partial charge in [0.05, 0.1) is 11.6 Å². The highest BCUT2D eigenvalue weighted by molar-refractivity contribution is 5.32. The zero-order valence-corrected chi connectivity index (χ0v) is 17.2. The van der Waals surface area contributed by atoms with Crippen molar-refractivity contribution in [2.45, 2.75) is 51.9 Å². The molecule has 1 aromatic carbocycles. The van der Waals surface area contributed by atoms with E-state index in [4.69, 9.17) is 5.26 Å². The summed E-state index contributed by atoms with van der Waals surface area (Å²) in [6.45, 7) is 5.07. The molecule has 0 aliphatic carbocycles. The summed E-state index contributed by atoms with van der Waals surface area (Å²) in [4.78, 5) is 6.29. The molecular weight excluding hydrogens is 391 g/mol. The Hall–Kier alpha value is -2.43. The Balaban J connectivity index is 1.78. The van der Waals surface area contributed by atoms with Gasteiger partial charge in [0.2, 0.25) is 0 Å². The number of aliphatic hydroxyl groups excluding tert-OH is 1. The van der Waals surface area contributed by atoms with Crippen molar-refractivity contribution in [1.82, 2.24) is 9.88 Å². The van der Waals surface area contributed by atoms with Gasteiger partial charge in [-0.25, -0.2) is 0 Å². The molecule has 1 N–H and O–H groups in total. The second-order valence-electron chi connectivity index (χ2n) is 8.27. The lowest BCUT2D eigenvalue weighted by Gasteiger charge is -2.36. The summed E-state index contributed by atoms with van der Waals surface area (Å²) in [6, 6.07) is 10.8. The van der Waals surface area contributed by atoms with E-state index in [-0.39, 0.29) is 19.4 Å². The van der Waals surface area contributed by atoms with Crippen LogP contribution in [-0.4, -0.2) is 40.4 Å². The second-order valence-corrected chi connectivity index (χ2v) is 8.27. The van der Waals surface area contributed by atoms with Gasteiger partial charge >= 0.3 is 6.18 Å². The first-order valence-corrected chi connectivity index (χ1v) is 10.0. The normalized spacial score (nSPS) is 20.8. The summed E-state index contributed by atoms with van der Waals surface area (Å²) < 4.78 is 40.6. The van der Waals surface area contributed by atoms with Crippen LogP contribution in [0.2, 0.25) is 0 Å². The van der Waals surface area contributed by atoms with E-state index in [9.17, 15) is 18.3 Å². The monoisotopic (exact) mass is 417 g/mol. The van der Waals surface area contributed by atoms with Crippen molar-refractivity contribution < 1.29 is 18.3 Å². The number of rotatable bonds is 6. The minimum Gasteiger partial charge on any atom is -0.383 e. The molecule has 30 heavy (non-hydrogen) atoms. The first kappa shape index (κ1) is 22.3. The third-order valence-electron chi connectivity index (χ3n) is 6.24. The molecule has 0 bridgehead atoms. The van der Waals surface area contributed by atoms with Gasteiger partial charge in [0, 0.05) is 30.4 Å². The molecule has 7 heteroatoms. The van der Waals surface area contributed by atoms with Crippen LogP contribution in [0, 0.1) is 30.6 Å². The Morgan fingerprint density at radius 1 is 1.23 bits per heavy atom. The zero-order chi connectivity index (χ0) is 21.9. The van der Waals surface area contributed by atoms with Crippen LogP contribution in [-0.2, 0) is 13.0 Å². The Bertz CT molecular complexity index is 901. The topological polar surface area (TPSA) is 60.2 Å². The zero-order valence-electron chi connectivity index (χ0n) is 17.2. The van der Waals surface area contributed by atoms with E-state index in [0.717, 1.165) is 22.4 Å². The van der Waals surface area contributed by atoms with Crippen LogP contribution in [0.15, 0.2) is 36.5 Å². The van der Waals surface area contributed by atoms with Crippen LogP contribution in [0.3, 0.4) is 0 Å². The number of likely N-dealkylation sites (tertiary alicyclic amines) is 1. The summed E-state index contributed by atoms with van der Waals surface area (Å²) in [5.74, 6) is 0. The van der Waals surface area contributed by atoms with E-state index in [1.165, 1.54) is 0 Å². The molecule has 1 aliphatic heterocycles. The van der Waals surface area contributed by atoms with E-state index in [2.05, 4.69) is 4.98 Å². The molecular formula is C23H26F3N3O. The molecule has 1 aliphatic rings. The Morgan fingerprint density at radius 2 is 1.93 bits per heavy atom. The Morgan fingerprint density at radius 3 is 2.53 bits per heavy atom. The average Bonchev–Trinajstić information content (AvgIpc) is 3.12. The molecule has 0 spiro atoms. The van der Waals surface area contributed by atoms with E-state index in [1.807, 2.05) is 30.9 Å². The molecule has 2 aromatic rings. The first-order valence-electron chi connectivity index (χ1n) is 10.0. The highest BCUT2D eigenvalue weighted by atomic mass is 19.4. The summed E-state index contributed by atoms with van der Waals surface area (Å²) in [5, 5.41) is 19.2. The molecule has 2 heterocycles. The molecule has 0 saturated carbocycles. The number of aryl methyl sites for hydroxylation is 3. The number of aliphatic hydroxyl groups is 1. The van der Waals surface area contributed by atoms with Gasteiger partial charge in [0.25, 0.3) is 0 Å². The van der Waals surface area contributed by atoms with E-state index >= 15 is 0 Å². The first-order chi connectivity index (χ1) is 14.1. The lowest BCUT2D eigenvalue weighted by atomic mass is 9.76. The van der Waals surface area contributed by atoms with Gasteiger partial charge in [0.15, 0.2) is 6.10 Å². The summed E-state index contributed by atoms with van der Waals surface area (Å²) >= 11 is 0. The molecule has 1 fully saturated rings. The van der Waals surface area contributed by atoms with Gasteiger partial charge in [-0.1, -0.05) is 12.1 Å². The third kappa shape index (κ3) is 4.82. The number of nitriles is 1. The predicted octanol–water partition coefficient (Wildman–Crippen LogP) is 4.32. The fourth-order valence-corrected chi connectivity index (χ4v) is 4.36. The van der Waals surface area contributed by atoms with E-state index < -0.39 is 17.7 Å². The number of halogens is 3. The fourth-order valence-electron chi connectivity index (χ4n) is 4.36. The van der Waals surface area contributed by atoms with E-state index in [1.54, 1.807) is 30.5 Å². The number of nitrogens with zero attached hydrogens (tertiary/aromatic N) is 3. The number of benzene rings is 1. The van der Waals surface area contributed by atoms with Gasteiger partial charge in [0.1, 0.15) is 0 Å². The van der Waals surface area contributed by atoms with Gasteiger partial charge in [-0.3, -0.25) is 9.88 Å². The molecule has 1 aromatic heterocycles. The van der Waals surface area contributed by atoms with Gasteiger partial charge < -0.3 is 5.11 Å². The Kier molecular flexibility index (Phi) is 6.49. The van der Waals surface area contributed by atoms with Crippen molar-refractivity contribution in [3.63, 3.8) is 0 Å². The minimum absolute atomic E-state index is 0.178. The highest BCUT2D eigenvalue weighted by Crippen LogP contribution is 2.45. The van der Waals surface area contributed by atoms with Crippen molar-refractivity contribution in [3.05, 3.63) is 64.5 Å². The van der Waals surface area contributed by atoms with Crippen LogP contribution < -0.4 is 0 Å². The predicted molar refractivity (Wildman–Crippen MR) is 108 cm³/mol. The maximum atomic E-state index is 13.5. The van der Waals surface area contributed by atoms with Crippen molar-refractivity contribution in [1.29, 1.82) is 5.26 Å². The maximum absolute atomic E-state index is 13.5. The standard InChI is InChI=1S/C23H26F3N3O/c1-16-8-11-28-17(2)20(16)14-29-12-10-22(15-29,21(30)23(24,25)26)9-7-18-3-5-19(13-27)6-4-18/h3-6,8,11,21,30H,7,9-10,12,14-15H2,1-2H3/t21?,22-/m1/s1. The number of aromatic nitrogens is 1. The largest absolute Gasteiger partial charge is 0.414 e. The smallest absolute Gasteiger partial charge is 0.383 e. The molecule has 1 saturated heterocycles. The molecule has 2 atom stereocenters. The van der Waals surface area contributed by atoms with Crippen LogP contribution >= 0.6 is 0 Å². The lowest BCUT2D eigenvalue weighted by Crippen LogP contribution is -2.47. The summed E-state index contributed by atoms with van der Waals surface area (Å²) in [5.41, 5.74) is 3.09. The minimum atomic E-state index is -4.67. The summed E-state index contributed by atoms with van der Waals surface area (Å²) in [7, 11) is 0. The molecule has 1 unspecified atom stereocenters. The van der Waals surface area contributed by atoms with E-state index in [0.29, 0.717) is 25.1 Å². The average molecular weight is 417 g/mol. The van der Waals surface area contributed by atoms with Crippen molar-refractivity contribution in [3.8, 4) is 6.07 Å². The molecule has 0 amide bonds. The molecule has 0 radical (unpaired) electrons. The van der Waals surface area contributed by atoms with Crippen LogP contribution in [0.25, 0.3) is 0 Å². The van der Waals surface area contributed by atoms with Gasteiger partial charge in [-0.2, -0.15) is 18.4 Å². The number of hydrogen-bond acceptors (Lipinski definition) is 4. The van der Waals surface area contributed by atoms with Crippen molar-refractivity contribution in [2.24, 2.45) is 5.41 Å². The SMILES string of the molecule is Cc1ccnc(C)c1CN1CC[C@@](CCc2ccc(C#N)cc2)(C(O)C(F)(F)F)C1.